The summed E-state index contributed by atoms with van der Waals surface area (Å²) in [6.07, 6.45) is 0.860. The van der Waals surface area contributed by atoms with Gasteiger partial charge in [0, 0.05) is 24.0 Å². The molecule has 0 fully saturated rings. The highest BCUT2D eigenvalue weighted by Crippen LogP contribution is 2.15. The Hall–Kier alpha value is -1.40. The molecule has 0 aliphatic rings. The average Bonchev–Trinajstić information content (AvgIpc) is 2.92. The molecule has 2 aromatic rings. The van der Waals surface area contributed by atoms with Crippen LogP contribution in [0.25, 0.3) is 0 Å². The molecule has 19 heavy (non-hydrogen) atoms. The van der Waals surface area contributed by atoms with Crippen LogP contribution in [0.15, 0.2) is 40.1 Å². The molecule has 0 spiro atoms. The lowest BCUT2D eigenvalue weighted by Crippen LogP contribution is -2.06. The molecule has 0 aliphatic heterocycles. The molecule has 1 aromatic heterocycles. The number of anilines is 1. The summed E-state index contributed by atoms with van der Waals surface area (Å²) >= 11 is 1.59. The monoisotopic (exact) mass is 296 g/mol. The van der Waals surface area contributed by atoms with Crippen LogP contribution in [0.2, 0.25) is 0 Å². The third kappa shape index (κ3) is 3.78. The molecule has 0 radical (unpaired) electrons. The minimum absolute atomic E-state index is 0.129. The second-order valence-corrected chi connectivity index (χ2v) is 7.08. The van der Waals surface area contributed by atoms with Crippen LogP contribution >= 0.6 is 11.3 Å². The summed E-state index contributed by atoms with van der Waals surface area (Å²) in [5.74, 6) is 0.129. The van der Waals surface area contributed by atoms with Gasteiger partial charge in [0.25, 0.3) is 0 Å². The Kier molecular flexibility index (Phi) is 4.55. The molecule has 0 saturated carbocycles. The van der Waals surface area contributed by atoms with Gasteiger partial charge in [-0.1, -0.05) is 6.92 Å². The van der Waals surface area contributed by atoms with Gasteiger partial charge in [-0.3, -0.25) is 0 Å². The second-order valence-electron chi connectivity index (χ2n) is 4.08. The molecule has 4 nitrogen and oxygen atoms in total. The van der Waals surface area contributed by atoms with Crippen molar-refractivity contribution in [1.82, 2.24) is 4.98 Å². The smallest absolute Gasteiger partial charge is 0.178 e. The van der Waals surface area contributed by atoms with E-state index in [1.54, 1.807) is 42.5 Å². The van der Waals surface area contributed by atoms with E-state index >= 15 is 0 Å². The van der Waals surface area contributed by atoms with Gasteiger partial charge in [-0.05, 0) is 24.3 Å². The maximum atomic E-state index is 11.7. The van der Waals surface area contributed by atoms with E-state index in [-0.39, 0.29) is 5.75 Å². The van der Waals surface area contributed by atoms with Gasteiger partial charge in [-0.2, -0.15) is 0 Å². The number of aromatic nitrogens is 1. The molecule has 1 aromatic carbocycles. The van der Waals surface area contributed by atoms with E-state index in [1.807, 2.05) is 10.9 Å². The number of nitrogens with zero attached hydrogens (tertiary/aromatic N) is 1. The third-order valence-electron chi connectivity index (χ3n) is 2.79. The summed E-state index contributed by atoms with van der Waals surface area (Å²) in [4.78, 5) is 4.58. The minimum atomic E-state index is -3.11. The fourth-order valence-electron chi connectivity index (χ4n) is 1.64. The second kappa shape index (κ2) is 6.16. The van der Waals surface area contributed by atoms with Crippen molar-refractivity contribution in [2.75, 3.05) is 17.6 Å². The maximum absolute atomic E-state index is 11.7. The highest BCUT2D eigenvalue weighted by Gasteiger charge is 2.10. The molecule has 0 saturated heterocycles. The molecule has 0 aliphatic carbocycles. The molecule has 1 N–H and O–H groups in total. The number of benzene rings is 1. The fourth-order valence-corrected chi connectivity index (χ4v) is 3.12. The van der Waals surface area contributed by atoms with Crippen LogP contribution < -0.4 is 5.32 Å². The van der Waals surface area contributed by atoms with Crippen LogP contribution in [0.4, 0.5) is 5.69 Å². The van der Waals surface area contributed by atoms with Crippen molar-refractivity contribution in [3.63, 3.8) is 0 Å². The number of thiazole rings is 1. The summed E-state index contributed by atoms with van der Waals surface area (Å²) in [6, 6.07) is 6.88. The largest absolute Gasteiger partial charge is 0.385 e. The van der Waals surface area contributed by atoms with Crippen LogP contribution in [0.1, 0.15) is 12.6 Å². The number of hydrogen-bond donors (Lipinski definition) is 1. The lowest BCUT2D eigenvalue weighted by Gasteiger charge is -2.06. The molecule has 2 rings (SSSR count). The normalized spacial score (nSPS) is 11.4. The van der Waals surface area contributed by atoms with Gasteiger partial charge in [-0.15, -0.1) is 11.3 Å². The van der Waals surface area contributed by atoms with E-state index in [4.69, 9.17) is 0 Å². The summed E-state index contributed by atoms with van der Waals surface area (Å²) in [5, 5.41) is 5.28. The molecule has 0 amide bonds. The van der Waals surface area contributed by atoms with E-state index in [0.717, 1.165) is 24.3 Å². The van der Waals surface area contributed by atoms with Gasteiger partial charge in [0.15, 0.2) is 9.84 Å². The quantitative estimate of drug-likeness (QED) is 0.890. The van der Waals surface area contributed by atoms with E-state index in [1.165, 1.54) is 0 Å². The van der Waals surface area contributed by atoms with Crippen molar-refractivity contribution in [3.05, 3.63) is 40.8 Å². The van der Waals surface area contributed by atoms with E-state index in [0.29, 0.717) is 4.90 Å². The summed E-state index contributed by atoms with van der Waals surface area (Å²) in [7, 11) is -3.11. The van der Waals surface area contributed by atoms with Gasteiger partial charge in [0.1, 0.15) is 0 Å². The van der Waals surface area contributed by atoms with Gasteiger partial charge in [0.05, 0.1) is 21.9 Å². The Morgan fingerprint density at radius 1 is 1.26 bits per heavy atom. The fraction of sp³-hybridized carbons (Fsp3) is 0.308. The van der Waals surface area contributed by atoms with Crippen molar-refractivity contribution >= 4 is 26.9 Å². The third-order valence-corrected chi connectivity index (χ3v) is 5.17. The number of rotatable bonds is 6. The summed E-state index contributed by atoms with van der Waals surface area (Å²) < 4.78 is 23.3. The van der Waals surface area contributed by atoms with E-state index in [9.17, 15) is 8.42 Å². The van der Waals surface area contributed by atoms with Gasteiger partial charge in [-0.25, -0.2) is 13.4 Å². The summed E-state index contributed by atoms with van der Waals surface area (Å²) in [5.41, 5.74) is 3.81. The molecule has 0 unspecified atom stereocenters. The Morgan fingerprint density at radius 3 is 2.58 bits per heavy atom. The molecule has 0 atom stereocenters. The van der Waals surface area contributed by atoms with Gasteiger partial charge >= 0.3 is 0 Å². The lowest BCUT2D eigenvalue weighted by molar-refractivity contribution is 0.597. The predicted octanol–water partition coefficient (Wildman–Crippen LogP) is 2.59. The highest BCUT2D eigenvalue weighted by molar-refractivity contribution is 7.91. The predicted molar refractivity (Wildman–Crippen MR) is 78.5 cm³/mol. The van der Waals surface area contributed by atoms with Crippen LogP contribution in [0.5, 0.6) is 0 Å². The Morgan fingerprint density at radius 2 is 2.00 bits per heavy atom. The van der Waals surface area contributed by atoms with Gasteiger partial charge in [0.2, 0.25) is 0 Å². The highest BCUT2D eigenvalue weighted by atomic mass is 32.2. The minimum Gasteiger partial charge on any atom is -0.385 e. The molecular weight excluding hydrogens is 280 g/mol. The Labute approximate surface area is 117 Å². The Bertz CT molecular complexity index is 605. The van der Waals surface area contributed by atoms with E-state index in [2.05, 4.69) is 10.3 Å². The topological polar surface area (TPSA) is 59.1 Å². The molecule has 102 valence electrons. The molecular formula is C13H16N2O2S2. The van der Waals surface area contributed by atoms with Crippen molar-refractivity contribution < 1.29 is 8.42 Å². The van der Waals surface area contributed by atoms with Crippen LogP contribution in [0, 0.1) is 0 Å². The molecule has 0 bridgehead atoms. The zero-order valence-corrected chi connectivity index (χ0v) is 12.3. The number of nitrogens with one attached hydrogen (secondary N) is 1. The zero-order valence-electron chi connectivity index (χ0n) is 10.7. The first-order valence-electron chi connectivity index (χ1n) is 6.05. The van der Waals surface area contributed by atoms with Crippen LogP contribution in [0.3, 0.4) is 0 Å². The SMILES string of the molecule is CCS(=O)(=O)c1ccc(NCCc2cscn2)cc1. The molecule has 6 heteroatoms. The maximum Gasteiger partial charge on any atom is 0.178 e. The number of sulfone groups is 1. The zero-order chi connectivity index (χ0) is 13.7. The van der Waals surface area contributed by atoms with Crippen molar-refractivity contribution in [2.24, 2.45) is 0 Å². The molecule has 1 heterocycles. The van der Waals surface area contributed by atoms with Gasteiger partial charge < -0.3 is 5.32 Å². The number of hydrogen-bond acceptors (Lipinski definition) is 5. The van der Waals surface area contributed by atoms with Crippen LogP contribution in [-0.2, 0) is 16.3 Å². The van der Waals surface area contributed by atoms with Crippen LogP contribution in [-0.4, -0.2) is 25.7 Å². The van der Waals surface area contributed by atoms with Crippen molar-refractivity contribution in [1.29, 1.82) is 0 Å². The summed E-state index contributed by atoms with van der Waals surface area (Å²) in [6.45, 7) is 2.43. The first-order chi connectivity index (χ1) is 9.12. The average molecular weight is 296 g/mol. The Balaban J connectivity index is 1.92. The van der Waals surface area contributed by atoms with Crippen molar-refractivity contribution in [2.45, 2.75) is 18.2 Å². The first-order valence-corrected chi connectivity index (χ1v) is 8.65. The first kappa shape index (κ1) is 14.0. The lowest BCUT2D eigenvalue weighted by atomic mass is 10.3. The standard InChI is InChI=1S/C13H16N2O2S2/c1-2-19(16,17)13-5-3-11(4-6-13)14-8-7-12-9-18-10-15-12/h3-6,9-10,14H,2,7-8H2,1H3. The van der Waals surface area contributed by atoms with E-state index < -0.39 is 9.84 Å². The van der Waals surface area contributed by atoms with Crippen molar-refractivity contribution in [3.8, 4) is 0 Å².